The van der Waals surface area contributed by atoms with E-state index >= 15 is 0 Å². The third-order valence-corrected chi connectivity index (χ3v) is 8.25. The van der Waals surface area contributed by atoms with Gasteiger partial charge in [0.15, 0.2) is 0 Å². The van der Waals surface area contributed by atoms with Crippen molar-refractivity contribution in [3.8, 4) is 0 Å². The molecular weight excluding hydrogens is 470 g/mol. The summed E-state index contributed by atoms with van der Waals surface area (Å²) < 4.78 is 5.22. The first kappa shape index (κ1) is 28.7. The standard InChI is InChI=1S/C26H34ClNO3.C5H10/c1-20-9-3-4-10-21(20)17-23-24(12-7-13-25(23)27)26(30,14-5-6-16-31-2)22-11-8-15-28(18-22)19-29;1-2-4-5-3-1/h3-4,7,9-10,12-13,19,22,30H,5-6,8,11,14-18H2,1-2H3;1-5H2. The van der Waals surface area contributed by atoms with E-state index in [-0.39, 0.29) is 5.92 Å². The zero-order valence-electron chi connectivity index (χ0n) is 22.2. The van der Waals surface area contributed by atoms with Gasteiger partial charge in [0.05, 0.1) is 5.60 Å². The van der Waals surface area contributed by atoms with Gasteiger partial charge in [-0.25, -0.2) is 0 Å². The second kappa shape index (κ2) is 14.8. The molecule has 1 saturated carbocycles. The van der Waals surface area contributed by atoms with Crippen LogP contribution in [0.3, 0.4) is 0 Å². The summed E-state index contributed by atoms with van der Waals surface area (Å²) in [5.74, 6) is -0.0249. The van der Waals surface area contributed by atoms with Crippen molar-refractivity contribution >= 4 is 18.0 Å². The van der Waals surface area contributed by atoms with Crippen LogP contribution in [0.15, 0.2) is 42.5 Å². The normalized spacial score (nSPS) is 19.3. The van der Waals surface area contributed by atoms with E-state index in [4.69, 9.17) is 16.3 Å². The number of halogens is 1. The maximum absolute atomic E-state index is 12.2. The Balaban J connectivity index is 0.000000642. The molecule has 0 aromatic heterocycles. The van der Waals surface area contributed by atoms with Crippen molar-refractivity contribution in [2.45, 2.75) is 83.2 Å². The number of amides is 1. The van der Waals surface area contributed by atoms with Crippen molar-refractivity contribution in [2.24, 2.45) is 5.92 Å². The molecule has 5 heteroatoms. The largest absolute Gasteiger partial charge is 0.385 e. The molecule has 1 aliphatic carbocycles. The van der Waals surface area contributed by atoms with E-state index in [9.17, 15) is 9.90 Å². The minimum Gasteiger partial charge on any atom is -0.385 e. The molecule has 4 rings (SSSR count). The van der Waals surface area contributed by atoms with Gasteiger partial charge in [-0.2, -0.15) is 0 Å². The number of benzene rings is 2. The Morgan fingerprint density at radius 2 is 1.78 bits per heavy atom. The van der Waals surface area contributed by atoms with Gasteiger partial charge in [0, 0.05) is 37.7 Å². The number of hydrogen-bond donors (Lipinski definition) is 1. The number of piperidine rings is 1. The molecular formula is C31H44ClNO3. The van der Waals surface area contributed by atoms with Crippen LogP contribution < -0.4 is 0 Å². The number of aryl methyl sites for hydroxylation is 1. The number of hydrogen-bond acceptors (Lipinski definition) is 3. The Morgan fingerprint density at radius 1 is 1.06 bits per heavy atom. The molecule has 36 heavy (non-hydrogen) atoms. The van der Waals surface area contributed by atoms with Crippen molar-refractivity contribution in [3.05, 3.63) is 69.7 Å². The van der Waals surface area contributed by atoms with Gasteiger partial charge in [-0.05, 0) is 73.8 Å². The highest BCUT2D eigenvalue weighted by molar-refractivity contribution is 6.31. The summed E-state index contributed by atoms with van der Waals surface area (Å²) in [4.78, 5) is 13.3. The predicted octanol–water partition coefficient (Wildman–Crippen LogP) is 7.06. The molecule has 1 aliphatic heterocycles. The van der Waals surface area contributed by atoms with E-state index in [0.717, 1.165) is 49.8 Å². The third-order valence-electron chi connectivity index (χ3n) is 7.90. The Labute approximate surface area is 223 Å². The van der Waals surface area contributed by atoms with E-state index in [1.807, 2.05) is 30.3 Å². The molecule has 198 valence electrons. The highest BCUT2D eigenvalue weighted by atomic mass is 35.5. The van der Waals surface area contributed by atoms with Crippen LogP contribution in [0.2, 0.25) is 5.02 Å². The first-order chi connectivity index (χ1) is 17.5. The number of rotatable bonds is 10. The van der Waals surface area contributed by atoms with Gasteiger partial charge in [-0.1, -0.05) is 80.1 Å². The molecule has 2 aromatic carbocycles. The minimum absolute atomic E-state index is 0.0249. The Hall–Kier alpha value is -1.88. The molecule has 0 spiro atoms. The van der Waals surface area contributed by atoms with E-state index in [0.29, 0.717) is 31.0 Å². The van der Waals surface area contributed by atoms with Crippen LogP contribution in [0.25, 0.3) is 0 Å². The van der Waals surface area contributed by atoms with Crippen molar-refractivity contribution in [2.75, 3.05) is 26.8 Å². The van der Waals surface area contributed by atoms with Crippen LogP contribution in [-0.2, 0) is 21.6 Å². The molecule has 1 heterocycles. The van der Waals surface area contributed by atoms with Crippen LogP contribution >= 0.6 is 11.6 Å². The summed E-state index contributed by atoms with van der Waals surface area (Å²) in [6, 6.07) is 14.2. The van der Waals surface area contributed by atoms with E-state index in [1.165, 1.54) is 43.2 Å². The lowest BCUT2D eigenvalue weighted by molar-refractivity contribution is -0.123. The fourth-order valence-electron chi connectivity index (χ4n) is 5.72. The number of aliphatic hydroxyl groups is 1. The van der Waals surface area contributed by atoms with Crippen molar-refractivity contribution < 1.29 is 14.6 Å². The molecule has 2 atom stereocenters. The number of unbranched alkanes of at least 4 members (excludes halogenated alkanes) is 1. The van der Waals surface area contributed by atoms with Crippen molar-refractivity contribution in [1.29, 1.82) is 0 Å². The second-order valence-corrected chi connectivity index (χ2v) is 10.9. The topological polar surface area (TPSA) is 49.8 Å². The zero-order valence-corrected chi connectivity index (χ0v) is 22.9. The van der Waals surface area contributed by atoms with Gasteiger partial charge >= 0.3 is 0 Å². The maximum Gasteiger partial charge on any atom is 0.209 e. The quantitative estimate of drug-likeness (QED) is 0.273. The summed E-state index contributed by atoms with van der Waals surface area (Å²) in [5.41, 5.74) is 3.26. The lowest BCUT2D eigenvalue weighted by atomic mass is 9.72. The molecule has 0 radical (unpaired) electrons. The third kappa shape index (κ3) is 7.81. The van der Waals surface area contributed by atoms with Crippen molar-refractivity contribution in [1.82, 2.24) is 4.90 Å². The number of methoxy groups -OCH3 is 1. The lowest BCUT2D eigenvalue weighted by Crippen LogP contribution is -2.46. The van der Waals surface area contributed by atoms with Gasteiger partial charge < -0.3 is 14.7 Å². The number of ether oxygens (including phenoxy) is 1. The van der Waals surface area contributed by atoms with Crippen LogP contribution in [0.1, 0.15) is 86.5 Å². The first-order valence-corrected chi connectivity index (χ1v) is 14.1. The smallest absolute Gasteiger partial charge is 0.209 e. The average Bonchev–Trinajstić information content (AvgIpc) is 3.49. The summed E-state index contributed by atoms with van der Waals surface area (Å²) in [6.45, 7) is 4.10. The fourth-order valence-corrected chi connectivity index (χ4v) is 5.96. The summed E-state index contributed by atoms with van der Waals surface area (Å²) in [5, 5.41) is 12.9. The van der Waals surface area contributed by atoms with Crippen LogP contribution in [0.4, 0.5) is 0 Å². The first-order valence-electron chi connectivity index (χ1n) is 13.7. The van der Waals surface area contributed by atoms with E-state index < -0.39 is 5.60 Å². The monoisotopic (exact) mass is 513 g/mol. The SMILES string of the molecule is C1CCCC1.COCCCCC(O)(c1cccc(Cl)c1Cc1ccccc1C)C1CCCN(C=O)C1. The lowest BCUT2D eigenvalue weighted by Gasteiger charge is -2.43. The van der Waals surface area contributed by atoms with Crippen LogP contribution in [-0.4, -0.2) is 43.2 Å². The molecule has 1 amide bonds. The molecule has 2 aromatic rings. The van der Waals surface area contributed by atoms with Gasteiger partial charge in [-0.15, -0.1) is 0 Å². The molecule has 0 bridgehead atoms. The van der Waals surface area contributed by atoms with Crippen molar-refractivity contribution in [3.63, 3.8) is 0 Å². The van der Waals surface area contributed by atoms with E-state index in [1.54, 1.807) is 12.0 Å². The highest BCUT2D eigenvalue weighted by Gasteiger charge is 2.41. The number of carbonyl (C=O) groups is 1. The number of nitrogens with zero attached hydrogens (tertiary/aromatic N) is 1. The number of likely N-dealkylation sites (tertiary alicyclic amines) is 1. The molecule has 1 N–H and O–H groups in total. The Kier molecular flexibility index (Phi) is 11.8. The summed E-state index contributed by atoms with van der Waals surface area (Å²) >= 11 is 6.72. The zero-order chi connectivity index (χ0) is 25.8. The summed E-state index contributed by atoms with van der Waals surface area (Å²) in [6.07, 6.45) is 13.2. The van der Waals surface area contributed by atoms with Gasteiger partial charge in [0.1, 0.15) is 0 Å². The van der Waals surface area contributed by atoms with E-state index in [2.05, 4.69) is 19.1 Å². The van der Waals surface area contributed by atoms with Gasteiger partial charge in [0.2, 0.25) is 6.41 Å². The molecule has 2 fully saturated rings. The Bertz CT molecular complexity index is 938. The highest BCUT2D eigenvalue weighted by Crippen LogP contribution is 2.43. The van der Waals surface area contributed by atoms with Crippen LogP contribution in [0.5, 0.6) is 0 Å². The molecule has 1 saturated heterocycles. The van der Waals surface area contributed by atoms with Gasteiger partial charge in [-0.3, -0.25) is 4.79 Å². The average molecular weight is 514 g/mol. The second-order valence-electron chi connectivity index (χ2n) is 10.5. The molecule has 2 unspecified atom stereocenters. The molecule has 4 nitrogen and oxygen atoms in total. The fraction of sp³-hybridized carbons (Fsp3) is 0.581. The predicted molar refractivity (Wildman–Crippen MR) is 149 cm³/mol. The Morgan fingerprint density at radius 3 is 2.44 bits per heavy atom. The number of carbonyl (C=O) groups excluding carboxylic acids is 1. The minimum atomic E-state index is -1.04. The maximum atomic E-state index is 12.2. The van der Waals surface area contributed by atoms with Crippen LogP contribution in [0, 0.1) is 12.8 Å². The molecule has 2 aliphatic rings. The van der Waals surface area contributed by atoms with Gasteiger partial charge in [0.25, 0.3) is 0 Å². The summed E-state index contributed by atoms with van der Waals surface area (Å²) in [7, 11) is 1.70.